The van der Waals surface area contributed by atoms with Crippen molar-refractivity contribution in [3.05, 3.63) is 212 Å². The number of hydrogen-bond donors (Lipinski definition) is 0. The lowest BCUT2D eigenvalue weighted by Crippen LogP contribution is -2.09. The quantitative estimate of drug-likeness (QED) is 0.160. The molecule has 9 aromatic carbocycles. The van der Waals surface area contributed by atoms with Gasteiger partial charge in [-0.05, 0) is 110 Å². The first-order chi connectivity index (χ1) is 26.7. The van der Waals surface area contributed by atoms with Crippen LogP contribution in [0.2, 0.25) is 0 Å². The van der Waals surface area contributed by atoms with Crippen molar-refractivity contribution in [1.82, 2.24) is 0 Å². The summed E-state index contributed by atoms with van der Waals surface area (Å²) in [6.45, 7) is 0. The van der Waals surface area contributed by atoms with Gasteiger partial charge >= 0.3 is 0 Å². The summed E-state index contributed by atoms with van der Waals surface area (Å²) in [5.74, 6) is 0. The number of thiophene rings is 1. The molecular formula is C52H35NS. The van der Waals surface area contributed by atoms with Crippen LogP contribution in [0.3, 0.4) is 0 Å². The molecule has 1 aromatic heterocycles. The number of fused-ring (bicyclic) bond motifs is 4. The molecule has 0 spiro atoms. The van der Waals surface area contributed by atoms with Gasteiger partial charge in [-0.3, -0.25) is 0 Å². The zero-order valence-corrected chi connectivity index (χ0v) is 30.4. The van der Waals surface area contributed by atoms with Crippen LogP contribution in [0.4, 0.5) is 17.1 Å². The molecule has 0 atom stereocenters. The van der Waals surface area contributed by atoms with Crippen LogP contribution < -0.4 is 4.90 Å². The van der Waals surface area contributed by atoms with Gasteiger partial charge in [0.25, 0.3) is 0 Å². The van der Waals surface area contributed by atoms with Gasteiger partial charge in [-0.2, -0.15) is 0 Å². The van der Waals surface area contributed by atoms with Crippen molar-refractivity contribution in [3.63, 3.8) is 0 Å². The van der Waals surface area contributed by atoms with Crippen LogP contribution in [-0.4, -0.2) is 0 Å². The highest BCUT2D eigenvalue weighted by molar-refractivity contribution is 7.26. The summed E-state index contributed by atoms with van der Waals surface area (Å²) in [4.78, 5) is 2.36. The maximum atomic E-state index is 2.36. The van der Waals surface area contributed by atoms with Gasteiger partial charge in [-0.15, -0.1) is 11.3 Å². The number of benzene rings is 9. The fourth-order valence-electron chi connectivity index (χ4n) is 7.70. The first-order valence-electron chi connectivity index (χ1n) is 18.4. The lowest BCUT2D eigenvalue weighted by Gasteiger charge is -2.26. The Morgan fingerprint density at radius 3 is 1.50 bits per heavy atom. The molecule has 0 aliphatic heterocycles. The normalized spacial score (nSPS) is 11.3. The van der Waals surface area contributed by atoms with Gasteiger partial charge < -0.3 is 4.90 Å². The summed E-state index contributed by atoms with van der Waals surface area (Å²) < 4.78 is 2.66. The molecule has 0 saturated heterocycles. The van der Waals surface area contributed by atoms with Gasteiger partial charge in [-0.1, -0.05) is 158 Å². The van der Waals surface area contributed by atoms with Crippen LogP contribution in [-0.2, 0) is 0 Å². The zero-order chi connectivity index (χ0) is 35.8. The average Bonchev–Trinajstić information content (AvgIpc) is 3.64. The van der Waals surface area contributed by atoms with Gasteiger partial charge in [0.1, 0.15) is 0 Å². The Labute approximate surface area is 319 Å². The van der Waals surface area contributed by atoms with E-state index in [-0.39, 0.29) is 0 Å². The molecule has 0 N–H and O–H groups in total. The van der Waals surface area contributed by atoms with Crippen LogP contribution in [0.25, 0.3) is 75.5 Å². The van der Waals surface area contributed by atoms with E-state index >= 15 is 0 Å². The minimum atomic E-state index is 1.11. The monoisotopic (exact) mass is 705 g/mol. The second kappa shape index (κ2) is 13.7. The summed E-state index contributed by atoms with van der Waals surface area (Å²) in [5, 5.41) is 5.16. The molecule has 0 saturated carbocycles. The van der Waals surface area contributed by atoms with Crippen molar-refractivity contribution >= 4 is 59.3 Å². The number of nitrogens with zero attached hydrogens (tertiary/aromatic N) is 1. The van der Waals surface area contributed by atoms with Gasteiger partial charge in [0.2, 0.25) is 0 Å². The smallest absolute Gasteiger partial charge is 0.0462 e. The predicted molar refractivity (Wildman–Crippen MR) is 233 cm³/mol. The number of hydrogen-bond acceptors (Lipinski definition) is 2. The van der Waals surface area contributed by atoms with Crippen molar-refractivity contribution < 1.29 is 0 Å². The van der Waals surface area contributed by atoms with E-state index in [9.17, 15) is 0 Å². The maximum Gasteiger partial charge on any atom is 0.0462 e. The molecule has 0 aliphatic rings. The largest absolute Gasteiger partial charge is 0.311 e. The zero-order valence-electron chi connectivity index (χ0n) is 29.6. The van der Waals surface area contributed by atoms with E-state index in [1.165, 1.54) is 75.5 Å². The molecule has 1 heterocycles. The second-order valence-electron chi connectivity index (χ2n) is 13.8. The Balaban J connectivity index is 1.01. The van der Waals surface area contributed by atoms with E-state index in [0.29, 0.717) is 0 Å². The molecule has 0 radical (unpaired) electrons. The van der Waals surface area contributed by atoms with E-state index in [0.717, 1.165) is 17.1 Å². The lowest BCUT2D eigenvalue weighted by atomic mass is 9.97. The van der Waals surface area contributed by atoms with Crippen molar-refractivity contribution in [1.29, 1.82) is 0 Å². The van der Waals surface area contributed by atoms with Crippen molar-refractivity contribution in [3.8, 4) is 44.5 Å². The van der Waals surface area contributed by atoms with Crippen molar-refractivity contribution in [2.45, 2.75) is 0 Å². The minimum absolute atomic E-state index is 1.11. The Morgan fingerprint density at radius 2 is 0.778 bits per heavy atom. The van der Waals surface area contributed by atoms with E-state index in [1.807, 2.05) is 11.3 Å². The predicted octanol–water partition coefficient (Wildman–Crippen LogP) is 15.3. The van der Waals surface area contributed by atoms with Crippen LogP contribution in [0.15, 0.2) is 212 Å². The third kappa shape index (κ3) is 5.93. The molecule has 0 fully saturated rings. The first kappa shape index (κ1) is 32.0. The molecule has 2 heteroatoms. The molecule has 54 heavy (non-hydrogen) atoms. The minimum Gasteiger partial charge on any atom is -0.311 e. The summed E-state index contributed by atoms with van der Waals surface area (Å²) in [5.41, 5.74) is 13.1. The number of anilines is 3. The van der Waals surface area contributed by atoms with E-state index in [2.05, 4.69) is 217 Å². The molecule has 1 nitrogen and oxygen atoms in total. The van der Waals surface area contributed by atoms with E-state index < -0.39 is 0 Å². The molecular weight excluding hydrogens is 671 g/mol. The van der Waals surface area contributed by atoms with Gasteiger partial charge in [0.05, 0.1) is 0 Å². The van der Waals surface area contributed by atoms with Crippen LogP contribution in [0.1, 0.15) is 0 Å². The topological polar surface area (TPSA) is 3.24 Å². The van der Waals surface area contributed by atoms with Crippen molar-refractivity contribution in [2.24, 2.45) is 0 Å². The third-order valence-corrected chi connectivity index (χ3v) is 11.7. The first-order valence-corrected chi connectivity index (χ1v) is 19.2. The Morgan fingerprint density at radius 1 is 0.296 bits per heavy atom. The Hall–Kier alpha value is -6.74. The Bertz CT molecular complexity index is 2900. The maximum absolute atomic E-state index is 2.36. The molecule has 0 aliphatic carbocycles. The van der Waals surface area contributed by atoms with Crippen LogP contribution >= 0.6 is 11.3 Å². The average molecular weight is 706 g/mol. The number of rotatable bonds is 7. The Kier molecular flexibility index (Phi) is 8.09. The van der Waals surface area contributed by atoms with Crippen molar-refractivity contribution in [2.75, 3.05) is 4.90 Å². The fraction of sp³-hybridized carbons (Fsp3) is 0. The standard InChI is InChI=1S/C52H35NS/c1-2-10-36(11-3-1)38-22-28-45(29-23-38)53(47-32-26-40(27-33-47)48-17-9-18-50-49-16-6-7-19-51(49)54-52(48)50)46-30-24-39(25-31-46)42-14-8-15-43(34-42)44-21-20-37-12-4-5-13-41(37)35-44/h1-35H. The highest BCUT2D eigenvalue weighted by Crippen LogP contribution is 2.42. The molecule has 0 amide bonds. The highest BCUT2D eigenvalue weighted by Gasteiger charge is 2.15. The SMILES string of the molecule is c1ccc(-c2ccc(N(c3ccc(-c4cccc(-c5ccc6ccccc6c5)c4)cc3)c3ccc(-c4cccc5c4sc4ccccc45)cc3)cc2)cc1. The van der Waals surface area contributed by atoms with E-state index in [1.54, 1.807) is 0 Å². The summed E-state index contributed by atoms with van der Waals surface area (Å²) >= 11 is 1.88. The van der Waals surface area contributed by atoms with Gasteiger partial charge in [0.15, 0.2) is 0 Å². The molecule has 254 valence electrons. The molecule has 10 aromatic rings. The van der Waals surface area contributed by atoms with E-state index in [4.69, 9.17) is 0 Å². The molecule has 10 rings (SSSR count). The van der Waals surface area contributed by atoms with Gasteiger partial charge in [0, 0.05) is 37.2 Å². The fourth-order valence-corrected chi connectivity index (χ4v) is 8.93. The summed E-state index contributed by atoms with van der Waals surface area (Å²) in [7, 11) is 0. The van der Waals surface area contributed by atoms with Crippen LogP contribution in [0, 0.1) is 0 Å². The molecule has 0 unspecified atom stereocenters. The summed E-state index contributed by atoms with van der Waals surface area (Å²) in [6, 6.07) is 77.1. The molecule has 0 bridgehead atoms. The highest BCUT2D eigenvalue weighted by atomic mass is 32.1. The van der Waals surface area contributed by atoms with Crippen LogP contribution in [0.5, 0.6) is 0 Å². The lowest BCUT2D eigenvalue weighted by molar-refractivity contribution is 1.28. The summed E-state index contributed by atoms with van der Waals surface area (Å²) in [6.07, 6.45) is 0. The third-order valence-electron chi connectivity index (χ3n) is 10.5. The van der Waals surface area contributed by atoms with Gasteiger partial charge in [-0.25, -0.2) is 0 Å². The second-order valence-corrected chi connectivity index (χ2v) is 14.8.